The topological polar surface area (TPSA) is 0 Å². The second-order valence-electron chi connectivity index (χ2n) is 9.65. The Hall–Kier alpha value is -0.300. The van der Waals surface area contributed by atoms with Crippen molar-refractivity contribution in [3.05, 3.63) is 47.0 Å². The molecule has 0 amide bonds. The molecule has 0 aliphatic heterocycles. The Morgan fingerprint density at radius 1 is 0.652 bits per heavy atom. The van der Waals surface area contributed by atoms with Crippen LogP contribution in [0.15, 0.2) is 30.3 Å². The fourth-order valence-corrected chi connectivity index (χ4v) is 3.50. The third kappa shape index (κ3) is 4.21. The molecule has 0 radical (unpaired) electrons. The molecule has 0 bridgehead atoms. The average molecular weight is 320 g/mol. The molecule has 0 aliphatic rings. The van der Waals surface area contributed by atoms with Crippen LogP contribution in [-0.4, -0.2) is 0 Å². The second-order valence-corrected chi connectivity index (χ2v) is 9.65. The molecule has 0 spiro atoms. The van der Waals surface area contributed by atoms with Crippen molar-refractivity contribution in [3.63, 3.8) is 0 Å². The molecule has 2 aromatic rings. The van der Waals surface area contributed by atoms with Gasteiger partial charge < -0.3 is 1.43 Å². The fourth-order valence-electron chi connectivity index (χ4n) is 3.50. The van der Waals surface area contributed by atoms with Crippen molar-refractivity contribution in [1.29, 1.82) is 0 Å². The van der Waals surface area contributed by atoms with E-state index >= 15 is 0 Å². The fraction of sp³-hybridized carbons (Fsp3) is 0.545. The Morgan fingerprint density at radius 2 is 1.13 bits per heavy atom. The maximum Gasteiger partial charge on any atom is 1.00 e. The van der Waals surface area contributed by atoms with Gasteiger partial charge >= 0.3 is 29.6 Å². The maximum absolute atomic E-state index is 2.42. The molecule has 0 N–H and O–H groups in total. The van der Waals surface area contributed by atoms with E-state index in [1.807, 2.05) is 0 Å². The summed E-state index contributed by atoms with van der Waals surface area (Å²) in [5, 5.41) is 2.78. The molecular weight excluding hydrogens is 287 g/mol. The van der Waals surface area contributed by atoms with Crippen molar-refractivity contribution in [2.45, 2.75) is 78.6 Å². The molecular formula is C22H33Na. The second kappa shape index (κ2) is 6.54. The zero-order valence-corrected chi connectivity index (χ0v) is 18.9. The van der Waals surface area contributed by atoms with E-state index < -0.39 is 0 Å². The standard InChI is InChI=1S/C22H32.Na.H/c1-20(2,3)17-14-15-12-10-11-13-16(15)18(21(4,5)6)19(17)22(7,8)9;;/h10-14H,1-9H3;;/q;+1;-1. The quantitative estimate of drug-likeness (QED) is 0.647. The Labute approximate surface area is 166 Å². The van der Waals surface area contributed by atoms with Crippen LogP contribution in [0.3, 0.4) is 0 Å². The van der Waals surface area contributed by atoms with Crippen molar-refractivity contribution in [3.8, 4) is 0 Å². The molecule has 0 fully saturated rings. The number of hydrogen-bond donors (Lipinski definition) is 0. The third-order valence-corrected chi connectivity index (χ3v) is 4.36. The molecule has 2 rings (SSSR count). The summed E-state index contributed by atoms with van der Waals surface area (Å²) in [6.07, 6.45) is 0. The van der Waals surface area contributed by atoms with Gasteiger partial charge in [0.15, 0.2) is 0 Å². The van der Waals surface area contributed by atoms with Crippen LogP contribution >= 0.6 is 0 Å². The van der Waals surface area contributed by atoms with Gasteiger partial charge in [-0.2, -0.15) is 0 Å². The summed E-state index contributed by atoms with van der Waals surface area (Å²) in [5.74, 6) is 0. The van der Waals surface area contributed by atoms with Crippen LogP contribution in [0, 0.1) is 0 Å². The molecule has 0 aromatic heterocycles. The summed E-state index contributed by atoms with van der Waals surface area (Å²) in [7, 11) is 0. The summed E-state index contributed by atoms with van der Waals surface area (Å²) < 4.78 is 0. The van der Waals surface area contributed by atoms with Gasteiger partial charge in [-0.3, -0.25) is 0 Å². The molecule has 0 atom stereocenters. The first-order valence-electron chi connectivity index (χ1n) is 8.40. The number of fused-ring (bicyclic) bond motifs is 1. The molecule has 0 nitrogen and oxygen atoms in total. The average Bonchev–Trinajstić information content (AvgIpc) is 2.33. The minimum atomic E-state index is 0. The van der Waals surface area contributed by atoms with E-state index in [-0.39, 0.29) is 47.2 Å². The summed E-state index contributed by atoms with van der Waals surface area (Å²) >= 11 is 0. The number of benzene rings is 2. The summed E-state index contributed by atoms with van der Waals surface area (Å²) in [5.41, 5.74) is 4.95. The van der Waals surface area contributed by atoms with Gasteiger partial charge in [0.2, 0.25) is 0 Å². The number of rotatable bonds is 0. The Bertz CT molecular complexity index is 695. The Morgan fingerprint density at radius 3 is 1.57 bits per heavy atom. The Balaban J connectivity index is 0.00000264. The first-order chi connectivity index (χ1) is 9.83. The molecule has 0 saturated heterocycles. The van der Waals surface area contributed by atoms with Crippen LogP contribution in [-0.2, 0) is 16.2 Å². The normalized spacial score (nSPS) is 13.1. The van der Waals surface area contributed by atoms with Crippen LogP contribution in [0.25, 0.3) is 10.8 Å². The van der Waals surface area contributed by atoms with Crippen LogP contribution in [0.2, 0.25) is 0 Å². The van der Waals surface area contributed by atoms with E-state index in [2.05, 4.69) is 92.6 Å². The largest absolute Gasteiger partial charge is 1.00 e. The molecule has 0 heterocycles. The molecule has 1 heteroatoms. The zero-order chi connectivity index (χ0) is 16.9. The molecule has 23 heavy (non-hydrogen) atoms. The van der Waals surface area contributed by atoms with Gasteiger partial charge in [-0.05, 0) is 43.7 Å². The van der Waals surface area contributed by atoms with Crippen molar-refractivity contribution >= 4 is 10.8 Å². The van der Waals surface area contributed by atoms with E-state index in [1.54, 1.807) is 0 Å². The number of hydrogen-bond acceptors (Lipinski definition) is 0. The van der Waals surface area contributed by atoms with Gasteiger partial charge in [0.1, 0.15) is 0 Å². The maximum atomic E-state index is 2.42. The van der Waals surface area contributed by atoms with Gasteiger partial charge in [-0.15, -0.1) is 0 Å². The van der Waals surface area contributed by atoms with E-state index in [1.165, 1.54) is 27.5 Å². The molecule has 2 aromatic carbocycles. The first kappa shape index (κ1) is 20.7. The van der Waals surface area contributed by atoms with Crippen LogP contribution < -0.4 is 29.6 Å². The monoisotopic (exact) mass is 320 g/mol. The van der Waals surface area contributed by atoms with E-state index in [0.29, 0.717) is 0 Å². The van der Waals surface area contributed by atoms with Gasteiger partial charge in [0.05, 0.1) is 0 Å². The molecule has 0 saturated carbocycles. The predicted octanol–water partition coefficient (Wildman–Crippen LogP) is 3.85. The van der Waals surface area contributed by atoms with Gasteiger partial charge in [-0.1, -0.05) is 92.6 Å². The SMILES string of the molecule is CC(C)(C)c1cc2ccccc2c(C(C)(C)C)c1C(C)(C)C.[H-].[Na+]. The summed E-state index contributed by atoms with van der Waals surface area (Å²) in [4.78, 5) is 0. The Kier molecular flexibility index (Phi) is 5.90. The first-order valence-corrected chi connectivity index (χ1v) is 8.40. The minimum Gasteiger partial charge on any atom is -1.00 e. The van der Waals surface area contributed by atoms with E-state index in [0.717, 1.165) is 0 Å². The van der Waals surface area contributed by atoms with E-state index in [4.69, 9.17) is 0 Å². The summed E-state index contributed by atoms with van der Waals surface area (Å²) in [6.45, 7) is 21.1. The van der Waals surface area contributed by atoms with Crippen molar-refractivity contribution in [2.24, 2.45) is 0 Å². The van der Waals surface area contributed by atoms with Gasteiger partial charge in [-0.25, -0.2) is 0 Å². The van der Waals surface area contributed by atoms with Crippen molar-refractivity contribution < 1.29 is 31.0 Å². The van der Waals surface area contributed by atoms with Gasteiger partial charge in [0, 0.05) is 0 Å². The zero-order valence-electron chi connectivity index (χ0n) is 17.9. The third-order valence-electron chi connectivity index (χ3n) is 4.36. The minimum absolute atomic E-state index is 0. The summed E-state index contributed by atoms with van der Waals surface area (Å²) in [6, 6.07) is 11.3. The van der Waals surface area contributed by atoms with Gasteiger partial charge in [0.25, 0.3) is 0 Å². The molecule has 122 valence electrons. The van der Waals surface area contributed by atoms with Crippen molar-refractivity contribution in [2.75, 3.05) is 0 Å². The predicted molar refractivity (Wildman–Crippen MR) is 101 cm³/mol. The van der Waals surface area contributed by atoms with Crippen LogP contribution in [0.5, 0.6) is 0 Å². The van der Waals surface area contributed by atoms with Crippen LogP contribution in [0.1, 0.15) is 80.4 Å². The van der Waals surface area contributed by atoms with E-state index in [9.17, 15) is 0 Å². The molecule has 0 aliphatic carbocycles. The smallest absolute Gasteiger partial charge is 1.00 e. The molecule has 0 unspecified atom stereocenters. The van der Waals surface area contributed by atoms with Crippen LogP contribution in [0.4, 0.5) is 0 Å². The van der Waals surface area contributed by atoms with Crippen molar-refractivity contribution in [1.82, 2.24) is 0 Å².